The number of amides is 1. The Morgan fingerprint density at radius 3 is 1.18 bits per heavy atom. The van der Waals surface area contributed by atoms with Gasteiger partial charge >= 0.3 is 29.8 Å². The first kappa shape index (κ1) is 131. The molecular weight excluding hydrogens is 1630 g/mol. The van der Waals surface area contributed by atoms with Gasteiger partial charge in [0.15, 0.2) is 23.1 Å². The summed E-state index contributed by atoms with van der Waals surface area (Å²) in [7, 11) is 10.5. The number of carboxylic acids is 1. The number of allylic oxidation sites excluding steroid dienone is 2. The van der Waals surface area contributed by atoms with E-state index >= 15 is 0 Å². The van der Waals surface area contributed by atoms with Gasteiger partial charge in [-0.25, -0.2) is 19.2 Å². The highest BCUT2D eigenvalue weighted by molar-refractivity contribution is 8.78. The third kappa shape index (κ3) is 95.3. The normalized spacial score (nSPS) is 15.2. The maximum atomic E-state index is 11.5. The molecule has 0 aliphatic carbocycles. The van der Waals surface area contributed by atoms with Crippen LogP contribution < -0.4 is 22.5 Å². The van der Waals surface area contributed by atoms with Crippen LogP contribution in [0.5, 0.6) is 0 Å². The van der Waals surface area contributed by atoms with Gasteiger partial charge < -0.3 is 51.4 Å². The molecule has 0 aromatic rings. The molecule has 1 amide bonds. The van der Waals surface area contributed by atoms with Crippen molar-refractivity contribution < 1.29 is 91.2 Å². The number of Topliss-reactive ketones (excluding diaryl/α,β-unsaturated/α-hetero) is 6. The molecule has 0 bridgehead atoms. The van der Waals surface area contributed by atoms with E-state index in [0.29, 0.717) is 69.8 Å². The van der Waals surface area contributed by atoms with Gasteiger partial charge in [0.2, 0.25) is 5.91 Å². The van der Waals surface area contributed by atoms with Crippen LogP contribution in [0.4, 0.5) is 0 Å². The van der Waals surface area contributed by atoms with Crippen molar-refractivity contribution in [3.8, 4) is 0 Å². The van der Waals surface area contributed by atoms with E-state index in [9.17, 15) is 67.1 Å². The molecule has 28 heteroatoms. The van der Waals surface area contributed by atoms with E-state index in [0.717, 1.165) is 88.2 Å². The van der Waals surface area contributed by atoms with Crippen molar-refractivity contribution in [2.75, 3.05) is 51.2 Å². The molecule has 2 aliphatic rings. The third-order valence-corrected chi connectivity index (χ3v) is 23.9. The Morgan fingerprint density at radius 1 is 0.483 bits per heavy atom. The molecule has 702 valence electrons. The van der Waals surface area contributed by atoms with Gasteiger partial charge in [0.1, 0.15) is 28.7 Å². The van der Waals surface area contributed by atoms with Crippen LogP contribution in [0.25, 0.3) is 0 Å². The minimum atomic E-state index is -1.09. The summed E-state index contributed by atoms with van der Waals surface area (Å²) in [5.41, 5.74) is 15.7. The molecule has 0 saturated carbocycles. The van der Waals surface area contributed by atoms with Crippen LogP contribution in [0, 0.1) is 52.3 Å². The molecule has 2 fully saturated rings. The van der Waals surface area contributed by atoms with Crippen LogP contribution in [-0.4, -0.2) is 165 Å². The highest BCUT2D eigenvalue weighted by atomic mass is 33.1. The number of carboxylic acid groups (broad SMARTS) is 1. The first-order valence-corrected chi connectivity index (χ1v) is 48.1. The number of ketones is 8. The molecule has 0 aromatic carbocycles. The van der Waals surface area contributed by atoms with Gasteiger partial charge in [-0.1, -0.05) is 234 Å². The minimum absolute atomic E-state index is 0.00329. The van der Waals surface area contributed by atoms with Crippen molar-refractivity contribution in [3.05, 3.63) is 36.5 Å². The SMILES string of the molecule is CC(=O)CCCCC(C)(C)C.CC(=O)N[C@@H](CS)C(=O)C(C)C.CC(C)(C)OC(=O)CCCC[C@]1(C)CCSS1.CC(C)C(=O)/C=C/C(=O)O.CC(C)C(=O)CCCC[C@]1(C)CCSS1.CC(C)C(=O)CCCN.CC(C)C(=O)[C@@H](N)CN.CCCCCCCC(=O)C(C)C.COC(=O)/C=C/C(=O)C(C)C.COC(=O)/C=C/C(=O)OCC(C)(C)C. The number of carbonyl (C=O) groups excluding carboxylic acids is 13. The highest BCUT2D eigenvalue weighted by Gasteiger charge is 2.31. The fraction of sp³-hybridized carbons (Fsp3) is 0.783. The summed E-state index contributed by atoms with van der Waals surface area (Å²) in [6, 6.07) is -0.907. The zero-order valence-electron chi connectivity index (χ0n) is 80.1. The summed E-state index contributed by atoms with van der Waals surface area (Å²) < 4.78 is 19.7. The van der Waals surface area contributed by atoms with Crippen LogP contribution in [0.2, 0.25) is 0 Å². The first-order valence-electron chi connectivity index (χ1n) is 42.9. The summed E-state index contributed by atoms with van der Waals surface area (Å²) in [6.07, 6.45) is 29.9. The second-order valence-electron chi connectivity index (χ2n) is 35.7. The molecule has 120 heavy (non-hydrogen) atoms. The van der Waals surface area contributed by atoms with Crippen molar-refractivity contribution >= 4 is 138 Å². The Balaban J connectivity index is -0.000000195. The summed E-state index contributed by atoms with van der Waals surface area (Å²) in [5, 5.41) is 10.7. The number of esters is 4. The fourth-order valence-electron chi connectivity index (χ4n) is 9.03. The molecule has 2 heterocycles. The Morgan fingerprint density at radius 2 is 0.867 bits per heavy atom. The van der Waals surface area contributed by atoms with Crippen LogP contribution in [0.15, 0.2) is 36.5 Å². The van der Waals surface area contributed by atoms with Gasteiger partial charge in [0.05, 0.1) is 32.9 Å². The summed E-state index contributed by atoms with van der Waals surface area (Å²) in [6.45, 7) is 55.4. The van der Waals surface area contributed by atoms with Crippen LogP contribution in [0.3, 0.4) is 0 Å². The number of rotatable bonds is 42. The minimum Gasteiger partial charge on any atom is -0.478 e. The largest absolute Gasteiger partial charge is 0.478 e. The van der Waals surface area contributed by atoms with Gasteiger partial charge in [-0.15, -0.1) is 0 Å². The monoisotopic (exact) mass is 1800 g/mol. The smallest absolute Gasteiger partial charge is 0.331 e. The zero-order valence-corrected chi connectivity index (χ0v) is 84.2. The number of methoxy groups -OCH3 is 2. The Kier molecular flexibility index (Phi) is 84.4. The lowest BCUT2D eigenvalue weighted by Crippen LogP contribution is -2.43. The number of carbonyl (C=O) groups is 14. The average molecular weight is 1800 g/mol. The van der Waals surface area contributed by atoms with Gasteiger partial charge in [0.25, 0.3) is 0 Å². The summed E-state index contributed by atoms with van der Waals surface area (Å²) in [5.74, 6) is 1.66. The number of ether oxygens (including phenoxy) is 4. The number of aliphatic carboxylic acids is 1. The number of hydrogen-bond acceptors (Lipinski definition) is 26. The van der Waals surface area contributed by atoms with E-state index in [1.54, 1.807) is 48.5 Å². The Bertz CT molecular complexity index is 2930. The summed E-state index contributed by atoms with van der Waals surface area (Å²) >= 11 is 3.99. The van der Waals surface area contributed by atoms with Gasteiger partial charge in [0, 0.05) is 138 Å². The molecule has 0 radical (unpaired) electrons. The first-order chi connectivity index (χ1) is 55.2. The molecule has 0 aromatic heterocycles. The molecule has 2 rings (SSSR count). The average Bonchev–Trinajstić information content (AvgIpc) is 1.75. The van der Waals surface area contributed by atoms with Crippen molar-refractivity contribution in [3.63, 3.8) is 0 Å². The predicted molar refractivity (Wildman–Crippen MR) is 506 cm³/mol. The topological polar surface area (TPSA) is 386 Å². The van der Waals surface area contributed by atoms with Crippen LogP contribution >= 0.6 is 55.8 Å². The standard InChI is InChI=1S/C13H24O2S2.C12H22OS2.C11H22O.C10H16O4.C10H20O.C8H15NO2S.C8H12O3.C7H15NO.C7H10O3.C6H14N2O/c1-12(2,3)15-11(14)7-5-6-8-13(4)9-10-16-17-13;1-10(2)11(13)6-4-5-7-12(3)8-9-14-15-12;1-4-5-6-7-8-9-11(12)10(2)3;1-10(2,3)7-14-9(12)6-5-8(11)13-4;1-9(11)7-5-6-8-10(2,3)4;1-5(2)8(11)7(4-12)9-6(3)10;1-6(2)7(9)4-5-8(10)11-3;1-6(2)7(9)4-3-5-8;1-5(2)6(8)3-4-7(9)10;1-4(2)6(9)5(8)3-7/h5-10H2,1-4H3;10H,4-9H2,1-3H3;10H,4-9H2,1-3H3;5-6H,7H2,1-4H3;5-8H2,1-4H3;5,7,12H,4H2,1-3H3,(H,9,10);4-6H,1-3H3;6H,3-5,8H2,1-2H3;3-5H,1-2H3,(H,9,10);4-5H,3,7-8H2,1-2H3/b;;;6-5+;;;5-4+;;4-3+;/t13-;12-;;;;7-;;;;5-/m11...0...0/s1. The third-order valence-electron chi connectivity index (χ3n) is 16.9. The second-order valence-corrected chi connectivity index (χ2v) is 42.0. The van der Waals surface area contributed by atoms with Gasteiger partial charge in [-0.2, -0.15) is 12.6 Å². The summed E-state index contributed by atoms with van der Waals surface area (Å²) in [4.78, 5) is 152. The van der Waals surface area contributed by atoms with Crippen LogP contribution in [0.1, 0.15) is 335 Å². The van der Waals surface area contributed by atoms with Gasteiger partial charge in [-0.05, 0) is 135 Å². The van der Waals surface area contributed by atoms with Crippen molar-refractivity contribution in [1.82, 2.24) is 5.32 Å². The Labute approximate surface area is 748 Å². The molecule has 0 spiro atoms. The number of thiol groups is 1. The predicted octanol–water partition coefficient (Wildman–Crippen LogP) is 19.7. The molecule has 8 N–H and O–H groups in total. The van der Waals surface area contributed by atoms with Crippen molar-refractivity contribution in [2.45, 2.75) is 362 Å². The second kappa shape index (κ2) is 77.6. The van der Waals surface area contributed by atoms with E-state index < -0.39 is 36.0 Å². The zero-order chi connectivity index (χ0) is 95.2. The lowest BCUT2D eigenvalue weighted by atomic mass is 9.89. The Hall–Kier alpha value is -4.97. The van der Waals surface area contributed by atoms with E-state index in [4.69, 9.17) is 31.8 Å². The molecule has 23 nitrogen and oxygen atoms in total. The van der Waals surface area contributed by atoms with E-state index in [1.807, 2.05) is 140 Å². The number of nitrogens with one attached hydrogen (secondary N) is 1. The highest BCUT2D eigenvalue weighted by Crippen LogP contribution is 2.50. The number of nitrogens with two attached hydrogens (primary N) is 3. The number of unbranched alkanes of at least 4 members (excludes halogenated alkanes) is 7. The van der Waals surface area contributed by atoms with Gasteiger partial charge in [-0.3, -0.25) is 43.2 Å². The maximum absolute atomic E-state index is 11.5. The number of hydrogen-bond donors (Lipinski definition) is 6. The van der Waals surface area contributed by atoms with E-state index in [2.05, 4.69) is 69.0 Å². The van der Waals surface area contributed by atoms with E-state index in [-0.39, 0.29) is 94.0 Å². The molecule has 2 aliphatic heterocycles. The van der Waals surface area contributed by atoms with Crippen molar-refractivity contribution in [1.29, 1.82) is 0 Å². The lowest BCUT2D eigenvalue weighted by Gasteiger charge is -2.21. The van der Waals surface area contributed by atoms with Crippen LogP contribution in [-0.2, 0) is 86.1 Å². The lowest BCUT2D eigenvalue weighted by molar-refractivity contribution is -0.155. The molecule has 4 atom stereocenters. The maximum Gasteiger partial charge on any atom is 0.331 e. The molecule has 2 saturated heterocycles. The fourth-order valence-corrected chi connectivity index (χ4v) is 15.9. The molecular formula is C92H170N4O19S5. The van der Waals surface area contributed by atoms with Crippen molar-refractivity contribution in [2.24, 2.45) is 69.5 Å². The molecule has 0 unspecified atom stereocenters. The van der Waals surface area contributed by atoms with E-state index in [1.165, 1.54) is 109 Å². The quantitative estimate of drug-likeness (QED) is 0.00825.